The van der Waals surface area contributed by atoms with E-state index in [4.69, 9.17) is 10.2 Å². The smallest absolute Gasteiger partial charge is 0.231 e. The molecule has 0 saturated heterocycles. The predicted octanol–water partition coefficient (Wildman–Crippen LogP) is 3.76. The molecule has 0 spiro atoms. The molecule has 2 aliphatic rings. The van der Waals surface area contributed by atoms with Gasteiger partial charge in [-0.05, 0) is 48.8 Å². The molecule has 3 atom stereocenters. The maximum absolute atomic E-state index is 8.79. The van der Waals surface area contributed by atoms with Crippen molar-refractivity contribution in [3.8, 4) is 6.07 Å². The SMILES string of the molecule is N#CCc1ccc(Nc2nc(NC3CC4CCC3C4)c3[nH]cnc3n2)cc1. The Balaban J connectivity index is 1.40. The molecule has 0 radical (unpaired) electrons. The van der Waals surface area contributed by atoms with Crippen LogP contribution in [-0.4, -0.2) is 26.0 Å². The third-order valence-corrected chi connectivity index (χ3v) is 5.84. The van der Waals surface area contributed by atoms with Crippen LogP contribution in [0.5, 0.6) is 0 Å². The summed E-state index contributed by atoms with van der Waals surface area (Å²) in [5, 5.41) is 15.7. The van der Waals surface area contributed by atoms with Crippen LogP contribution in [0.1, 0.15) is 31.2 Å². The number of anilines is 3. The van der Waals surface area contributed by atoms with Gasteiger partial charge < -0.3 is 15.6 Å². The summed E-state index contributed by atoms with van der Waals surface area (Å²) in [5.41, 5.74) is 3.38. The molecule has 2 aromatic heterocycles. The molecule has 0 aliphatic heterocycles. The molecular weight excluding hydrogens is 338 g/mol. The van der Waals surface area contributed by atoms with E-state index < -0.39 is 0 Å². The van der Waals surface area contributed by atoms with Crippen LogP contribution in [0.4, 0.5) is 17.5 Å². The number of fused-ring (bicyclic) bond motifs is 3. The Morgan fingerprint density at radius 1 is 1.15 bits per heavy atom. The number of rotatable bonds is 5. The average molecular weight is 359 g/mol. The van der Waals surface area contributed by atoms with E-state index in [-0.39, 0.29) is 0 Å². The second-order valence-electron chi connectivity index (χ2n) is 7.58. The van der Waals surface area contributed by atoms with Crippen LogP contribution in [0.25, 0.3) is 11.2 Å². The molecule has 5 rings (SSSR count). The van der Waals surface area contributed by atoms with E-state index in [0.29, 0.717) is 24.1 Å². The van der Waals surface area contributed by atoms with Gasteiger partial charge in [-0.15, -0.1) is 0 Å². The first-order valence-electron chi connectivity index (χ1n) is 9.49. The summed E-state index contributed by atoms with van der Waals surface area (Å²) in [5.74, 6) is 2.97. The number of hydrogen-bond donors (Lipinski definition) is 3. The fourth-order valence-electron chi connectivity index (χ4n) is 4.52. The maximum Gasteiger partial charge on any atom is 0.231 e. The first-order chi connectivity index (χ1) is 13.3. The summed E-state index contributed by atoms with van der Waals surface area (Å²) in [7, 11) is 0. The molecule has 3 N–H and O–H groups in total. The topological polar surface area (TPSA) is 102 Å². The van der Waals surface area contributed by atoms with Crippen molar-refractivity contribution >= 4 is 28.6 Å². The molecule has 3 aromatic rings. The Bertz CT molecular complexity index is 1000. The van der Waals surface area contributed by atoms with Gasteiger partial charge in [0, 0.05) is 11.7 Å². The monoisotopic (exact) mass is 359 g/mol. The fraction of sp³-hybridized carbons (Fsp3) is 0.400. The first kappa shape index (κ1) is 16.1. The number of nitriles is 1. The van der Waals surface area contributed by atoms with Crippen molar-refractivity contribution in [2.24, 2.45) is 11.8 Å². The third kappa shape index (κ3) is 3.08. The summed E-state index contributed by atoms with van der Waals surface area (Å²) in [6.07, 6.45) is 7.34. The molecule has 2 saturated carbocycles. The van der Waals surface area contributed by atoms with E-state index in [1.54, 1.807) is 6.33 Å². The highest BCUT2D eigenvalue weighted by molar-refractivity contribution is 5.84. The lowest BCUT2D eigenvalue weighted by Gasteiger charge is -2.23. The van der Waals surface area contributed by atoms with Crippen molar-refractivity contribution in [2.75, 3.05) is 10.6 Å². The number of nitrogens with zero attached hydrogens (tertiary/aromatic N) is 4. The third-order valence-electron chi connectivity index (χ3n) is 5.84. The Kier molecular flexibility index (Phi) is 3.89. The minimum Gasteiger partial charge on any atom is -0.365 e. The zero-order chi connectivity index (χ0) is 18.2. The van der Waals surface area contributed by atoms with Gasteiger partial charge in [0.1, 0.15) is 5.52 Å². The van der Waals surface area contributed by atoms with Crippen LogP contribution in [0.3, 0.4) is 0 Å². The second-order valence-corrected chi connectivity index (χ2v) is 7.58. The van der Waals surface area contributed by atoms with Gasteiger partial charge in [0.05, 0.1) is 18.8 Å². The van der Waals surface area contributed by atoms with E-state index in [1.165, 1.54) is 25.7 Å². The number of H-pyrrole nitrogens is 1. The molecule has 3 unspecified atom stereocenters. The Morgan fingerprint density at radius 2 is 2.04 bits per heavy atom. The number of hydrogen-bond acceptors (Lipinski definition) is 6. The zero-order valence-electron chi connectivity index (χ0n) is 14.9. The van der Waals surface area contributed by atoms with Crippen molar-refractivity contribution < 1.29 is 0 Å². The Morgan fingerprint density at radius 3 is 2.78 bits per heavy atom. The molecule has 7 heteroatoms. The van der Waals surface area contributed by atoms with Crippen LogP contribution in [-0.2, 0) is 6.42 Å². The van der Waals surface area contributed by atoms with E-state index >= 15 is 0 Å². The van der Waals surface area contributed by atoms with E-state index in [0.717, 1.165) is 34.4 Å². The van der Waals surface area contributed by atoms with Crippen LogP contribution < -0.4 is 10.6 Å². The highest BCUT2D eigenvalue weighted by Crippen LogP contribution is 2.45. The second kappa shape index (κ2) is 6.54. The molecule has 7 nitrogen and oxygen atoms in total. The summed E-state index contributed by atoms with van der Waals surface area (Å²) >= 11 is 0. The highest BCUT2D eigenvalue weighted by atomic mass is 15.2. The average Bonchev–Trinajstić information content (AvgIpc) is 3.40. The summed E-state index contributed by atoms with van der Waals surface area (Å²) in [6, 6.07) is 10.4. The van der Waals surface area contributed by atoms with Gasteiger partial charge in [0.25, 0.3) is 0 Å². The minimum absolute atomic E-state index is 0.410. The van der Waals surface area contributed by atoms with Gasteiger partial charge in [0.2, 0.25) is 5.95 Å². The molecule has 2 aliphatic carbocycles. The molecule has 2 fully saturated rings. The van der Waals surface area contributed by atoms with Gasteiger partial charge >= 0.3 is 0 Å². The van der Waals surface area contributed by atoms with Crippen LogP contribution in [0.2, 0.25) is 0 Å². The molecule has 2 bridgehead atoms. The quantitative estimate of drug-likeness (QED) is 0.641. The summed E-state index contributed by atoms with van der Waals surface area (Å²) in [4.78, 5) is 16.7. The lowest BCUT2D eigenvalue weighted by molar-refractivity contribution is 0.439. The van der Waals surface area contributed by atoms with Crippen LogP contribution in [0, 0.1) is 23.2 Å². The van der Waals surface area contributed by atoms with Gasteiger partial charge in [-0.25, -0.2) is 4.98 Å². The minimum atomic E-state index is 0.410. The van der Waals surface area contributed by atoms with Gasteiger partial charge in [-0.3, -0.25) is 0 Å². The number of nitrogens with one attached hydrogen (secondary N) is 3. The predicted molar refractivity (Wildman–Crippen MR) is 104 cm³/mol. The number of benzene rings is 1. The molecule has 136 valence electrons. The van der Waals surface area contributed by atoms with Crippen molar-refractivity contribution in [2.45, 2.75) is 38.1 Å². The Hall–Kier alpha value is -3.14. The zero-order valence-corrected chi connectivity index (χ0v) is 14.9. The molecule has 0 amide bonds. The fourth-order valence-corrected chi connectivity index (χ4v) is 4.52. The van der Waals surface area contributed by atoms with Gasteiger partial charge in [-0.2, -0.15) is 15.2 Å². The van der Waals surface area contributed by atoms with Crippen molar-refractivity contribution in [3.63, 3.8) is 0 Å². The van der Waals surface area contributed by atoms with Gasteiger partial charge in [-0.1, -0.05) is 18.6 Å². The number of imidazole rings is 1. The standard InChI is InChI=1S/C20H21N7/c21-8-7-12-2-5-15(6-3-12)24-20-26-18-17(22-11-23-18)19(27-20)25-16-10-13-1-4-14(16)9-13/h2-3,5-6,11,13-14,16H,1,4,7,9-10H2,(H3,22,23,24,25,26,27). The van der Waals surface area contributed by atoms with Crippen LogP contribution >= 0.6 is 0 Å². The highest BCUT2D eigenvalue weighted by Gasteiger charge is 2.39. The molecule has 27 heavy (non-hydrogen) atoms. The molecule has 1 aromatic carbocycles. The van der Waals surface area contributed by atoms with E-state index in [1.807, 2.05) is 24.3 Å². The van der Waals surface area contributed by atoms with E-state index in [9.17, 15) is 0 Å². The largest absolute Gasteiger partial charge is 0.365 e. The number of aromatic nitrogens is 4. The van der Waals surface area contributed by atoms with Crippen LogP contribution in [0.15, 0.2) is 30.6 Å². The lowest BCUT2D eigenvalue weighted by Crippen LogP contribution is -2.26. The van der Waals surface area contributed by atoms with Crippen molar-refractivity contribution in [3.05, 3.63) is 36.2 Å². The van der Waals surface area contributed by atoms with Gasteiger partial charge in [0.15, 0.2) is 11.5 Å². The number of aromatic amines is 1. The van der Waals surface area contributed by atoms with Crippen molar-refractivity contribution in [1.82, 2.24) is 19.9 Å². The summed E-state index contributed by atoms with van der Waals surface area (Å²) in [6.45, 7) is 0. The van der Waals surface area contributed by atoms with Crippen molar-refractivity contribution in [1.29, 1.82) is 5.26 Å². The lowest BCUT2D eigenvalue weighted by atomic mass is 9.95. The molecular formula is C20H21N7. The normalized spacial score (nSPS) is 23.4. The summed E-state index contributed by atoms with van der Waals surface area (Å²) < 4.78 is 0. The van der Waals surface area contributed by atoms with E-state index in [2.05, 4.69) is 31.7 Å². The Labute approximate surface area is 157 Å². The first-order valence-corrected chi connectivity index (χ1v) is 9.49. The maximum atomic E-state index is 8.79. The molecule has 2 heterocycles.